The van der Waals surface area contributed by atoms with Gasteiger partial charge in [0.25, 0.3) is 5.91 Å². The van der Waals surface area contributed by atoms with Gasteiger partial charge in [0.15, 0.2) is 0 Å². The van der Waals surface area contributed by atoms with Crippen LogP contribution in [0.1, 0.15) is 42.9 Å². The lowest BCUT2D eigenvalue weighted by Crippen LogP contribution is -2.57. The van der Waals surface area contributed by atoms with Gasteiger partial charge in [0.05, 0.1) is 0 Å². The van der Waals surface area contributed by atoms with Crippen molar-refractivity contribution in [3.63, 3.8) is 0 Å². The highest BCUT2D eigenvalue weighted by Gasteiger charge is 2.43. The van der Waals surface area contributed by atoms with Crippen molar-refractivity contribution in [3.05, 3.63) is 70.5 Å². The number of amides is 2. The lowest BCUT2D eigenvalue weighted by molar-refractivity contribution is -0.159. The zero-order valence-corrected chi connectivity index (χ0v) is 16.2. The fourth-order valence-corrected chi connectivity index (χ4v) is 4.33. The van der Waals surface area contributed by atoms with E-state index in [2.05, 4.69) is 0 Å². The summed E-state index contributed by atoms with van der Waals surface area (Å²) in [4.78, 5) is 29.8. The molecule has 0 spiro atoms. The molecule has 2 aliphatic rings. The maximum atomic E-state index is 13.4. The summed E-state index contributed by atoms with van der Waals surface area (Å²) in [6, 6.07) is 12.5. The summed E-state index contributed by atoms with van der Waals surface area (Å²) in [5, 5.41) is 0.618. The number of nitrogens with zero attached hydrogens (tertiary/aromatic N) is 2. The average Bonchev–Trinajstić information content (AvgIpc) is 3.22. The van der Waals surface area contributed by atoms with Crippen molar-refractivity contribution >= 4 is 23.4 Å². The summed E-state index contributed by atoms with van der Waals surface area (Å²) < 4.78 is 13.4. The molecule has 28 heavy (non-hydrogen) atoms. The Morgan fingerprint density at radius 3 is 2.25 bits per heavy atom. The molecule has 0 N–H and O–H groups in total. The number of benzene rings is 2. The lowest BCUT2D eigenvalue weighted by atomic mass is 9.98. The number of hydrogen-bond donors (Lipinski definition) is 0. The van der Waals surface area contributed by atoms with E-state index in [1.807, 2.05) is 12.1 Å². The third-order valence-corrected chi connectivity index (χ3v) is 5.92. The van der Waals surface area contributed by atoms with Crippen molar-refractivity contribution in [1.82, 2.24) is 9.80 Å². The largest absolute Gasteiger partial charge is 0.328 e. The van der Waals surface area contributed by atoms with Crippen LogP contribution in [0.15, 0.2) is 48.5 Å². The van der Waals surface area contributed by atoms with E-state index in [-0.39, 0.29) is 30.2 Å². The molecular weight excluding hydrogens is 379 g/mol. The summed E-state index contributed by atoms with van der Waals surface area (Å²) in [5.41, 5.74) is 1.53. The van der Waals surface area contributed by atoms with Gasteiger partial charge in [-0.3, -0.25) is 9.59 Å². The van der Waals surface area contributed by atoms with Crippen molar-refractivity contribution in [2.45, 2.75) is 44.3 Å². The van der Waals surface area contributed by atoms with Crippen LogP contribution in [0.2, 0.25) is 5.02 Å². The Labute approximate surface area is 168 Å². The third-order valence-electron chi connectivity index (χ3n) is 5.67. The Morgan fingerprint density at radius 1 is 0.964 bits per heavy atom. The van der Waals surface area contributed by atoms with E-state index in [1.165, 1.54) is 12.1 Å². The van der Waals surface area contributed by atoms with Crippen LogP contribution >= 0.6 is 11.6 Å². The van der Waals surface area contributed by atoms with E-state index < -0.39 is 6.04 Å². The van der Waals surface area contributed by atoms with Crippen LogP contribution in [-0.4, -0.2) is 34.2 Å². The van der Waals surface area contributed by atoms with E-state index in [1.54, 1.807) is 34.1 Å². The van der Waals surface area contributed by atoms with Gasteiger partial charge in [0.2, 0.25) is 5.91 Å². The Kier molecular flexibility index (Phi) is 5.36. The quantitative estimate of drug-likeness (QED) is 0.766. The van der Waals surface area contributed by atoms with E-state index in [9.17, 15) is 14.0 Å². The van der Waals surface area contributed by atoms with Crippen LogP contribution in [-0.2, 0) is 16.1 Å². The number of carbonyl (C=O) groups is 2. The third kappa shape index (κ3) is 3.76. The zero-order chi connectivity index (χ0) is 19.7. The van der Waals surface area contributed by atoms with Crippen LogP contribution in [0.3, 0.4) is 0 Å². The first-order chi connectivity index (χ1) is 13.5. The molecule has 2 fully saturated rings. The summed E-state index contributed by atoms with van der Waals surface area (Å²) >= 11 is 5.96. The minimum absolute atomic E-state index is 0.0768. The molecule has 1 saturated carbocycles. The summed E-state index contributed by atoms with van der Waals surface area (Å²) in [6.07, 6.45) is 4.04. The maximum absolute atomic E-state index is 13.4. The van der Waals surface area contributed by atoms with Crippen molar-refractivity contribution < 1.29 is 14.0 Å². The van der Waals surface area contributed by atoms with E-state index >= 15 is 0 Å². The molecule has 0 radical (unpaired) electrons. The normalized spacial score (nSPS) is 20.9. The molecule has 0 unspecified atom stereocenters. The van der Waals surface area contributed by atoms with Crippen LogP contribution in [0, 0.1) is 5.82 Å². The Morgan fingerprint density at radius 2 is 1.61 bits per heavy atom. The van der Waals surface area contributed by atoms with Crippen LogP contribution < -0.4 is 0 Å². The molecule has 1 saturated heterocycles. The first kappa shape index (κ1) is 18.9. The molecule has 1 aliphatic carbocycles. The van der Waals surface area contributed by atoms with Crippen molar-refractivity contribution in [2.24, 2.45) is 0 Å². The highest BCUT2D eigenvalue weighted by atomic mass is 35.5. The maximum Gasteiger partial charge on any atom is 0.250 e. The van der Waals surface area contributed by atoms with E-state index in [0.29, 0.717) is 17.1 Å². The highest BCUT2D eigenvalue weighted by molar-refractivity contribution is 6.30. The van der Waals surface area contributed by atoms with Crippen LogP contribution in [0.4, 0.5) is 4.39 Å². The number of rotatable bonds is 4. The topological polar surface area (TPSA) is 40.6 Å². The van der Waals surface area contributed by atoms with Gasteiger partial charge < -0.3 is 9.80 Å². The van der Waals surface area contributed by atoms with E-state index in [4.69, 9.17) is 11.6 Å². The van der Waals surface area contributed by atoms with Gasteiger partial charge in [0, 0.05) is 17.6 Å². The Hall–Kier alpha value is -2.40. The van der Waals surface area contributed by atoms with E-state index in [0.717, 1.165) is 31.2 Å². The second-order valence-corrected chi connectivity index (χ2v) is 7.94. The van der Waals surface area contributed by atoms with Gasteiger partial charge in [-0.05, 0) is 48.2 Å². The fraction of sp³-hybridized carbons (Fsp3) is 0.364. The summed E-state index contributed by atoms with van der Waals surface area (Å²) in [7, 11) is 0. The van der Waals surface area contributed by atoms with Gasteiger partial charge in [-0.15, -0.1) is 0 Å². The number of carbonyl (C=O) groups excluding carboxylic acids is 2. The van der Waals surface area contributed by atoms with Gasteiger partial charge in [0.1, 0.15) is 18.4 Å². The minimum atomic E-state index is -0.738. The molecular formula is C22H22ClFN2O2. The molecule has 146 valence electrons. The summed E-state index contributed by atoms with van der Waals surface area (Å²) in [6.45, 7) is 0.414. The Bertz CT molecular complexity index is 863. The van der Waals surface area contributed by atoms with Crippen LogP contribution in [0.5, 0.6) is 0 Å². The molecule has 1 atom stereocenters. The SMILES string of the molecule is O=C1[C@H](c2ccc(F)cc2)N(Cc2ccc(Cl)cc2)C(=O)CN1C1CCCC1. The predicted molar refractivity (Wildman–Crippen MR) is 105 cm³/mol. The van der Waals surface area contributed by atoms with Crippen molar-refractivity contribution in [1.29, 1.82) is 0 Å². The predicted octanol–water partition coefficient (Wildman–Crippen LogP) is 4.33. The minimum Gasteiger partial charge on any atom is -0.328 e. The van der Waals surface area contributed by atoms with Crippen LogP contribution in [0.25, 0.3) is 0 Å². The van der Waals surface area contributed by atoms with Gasteiger partial charge in [-0.1, -0.05) is 48.7 Å². The average molecular weight is 401 g/mol. The molecule has 2 amide bonds. The molecule has 2 aromatic rings. The molecule has 6 heteroatoms. The van der Waals surface area contributed by atoms with Gasteiger partial charge in [-0.2, -0.15) is 0 Å². The molecule has 0 aromatic heterocycles. The molecule has 2 aromatic carbocycles. The number of halogens is 2. The second kappa shape index (κ2) is 7.92. The van der Waals surface area contributed by atoms with Gasteiger partial charge >= 0.3 is 0 Å². The second-order valence-electron chi connectivity index (χ2n) is 7.51. The molecule has 4 nitrogen and oxygen atoms in total. The molecule has 1 heterocycles. The first-order valence-corrected chi connectivity index (χ1v) is 10.0. The summed E-state index contributed by atoms with van der Waals surface area (Å²) in [5.74, 6) is -0.530. The first-order valence-electron chi connectivity index (χ1n) is 9.63. The molecule has 1 aliphatic heterocycles. The smallest absolute Gasteiger partial charge is 0.250 e. The fourth-order valence-electron chi connectivity index (χ4n) is 4.21. The van der Waals surface area contributed by atoms with Gasteiger partial charge in [-0.25, -0.2) is 4.39 Å². The van der Waals surface area contributed by atoms with Crippen molar-refractivity contribution in [3.8, 4) is 0 Å². The lowest BCUT2D eigenvalue weighted by Gasteiger charge is -2.43. The number of piperazine rings is 1. The molecule has 4 rings (SSSR count). The van der Waals surface area contributed by atoms with Crippen molar-refractivity contribution in [2.75, 3.05) is 6.54 Å². The standard InChI is InChI=1S/C22H22ClFN2O2/c23-17-9-5-15(6-10-17)13-26-20(27)14-25(19-3-1-2-4-19)22(28)21(26)16-7-11-18(24)12-8-16/h5-12,19,21H,1-4,13-14H2/t21-/m0/s1. The highest BCUT2D eigenvalue weighted by Crippen LogP contribution is 2.34. The molecule has 0 bridgehead atoms. The zero-order valence-electron chi connectivity index (χ0n) is 15.5. The monoisotopic (exact) mass is 400 g/mol. The Balaban J connectivity index is 1.68. The number of hydrogen-bond acceptors (Lipinski definition) is 2.